The number of rotatable bonds is 6. The third kappa shape index (κ3) is 6.30. The number of benzene rings is 2. The molecule has 8 nitrogen and oxygen atoms in total. The number of nitrogens with one attached hydrogen (secondary N) is 1. The minimum atomic E-state index is -4.36. The monoisotopic (exact) mass is 508 g/mol. The fourth-order valence-corrected chi connectivity index (χ4v) is 3.61. The molecule has 3 aromatic rings. The average molecular weight is 509 g/mol. The van der Waals surface area contributed by atoms with Crippen LogP contribution >= 0.6 is 12.4 Å². The van der Waals surface area contributed by atoms with Gasteiger partial charge < -0.3 is 20.0 Å². The van der Waals surface area contributed by atoms with Crippen LogP contribution in [0.1, 0.15) is 41.8 Å². The number of halogens is 4. The lowest BCUT2D eigenvalue weighted by Crippen LogP contribution is -2.34. The summed E-state index contributed by atoms with van der Waals surface area (Å²) in [5.41, 5.74) is 7.62. The molecule has 0 aliphatic carbocycles. The number of oxime groups is 1. The van der Waals surface area contributed by atoms with E-state index in [1.165, 1.54) is 12.1 Å². The molecule has 0 spiro atoms. The van der Waals surface area contributed by atoms with Crippen LogP contribution in [0.5, 0.6) is 0 Å². The molecule has 2 heterocycles. The zero-order valence-corrected chi connectivity index (χ0v) is 19.6. The maximum atomic E-state index is 12.6. The molecule has 12 heteroatoms. The summed E-state index contributed by atoms with van der Waals surface area (Å²) >= 11 is 0. The van der Waals surface area contributed by atoms with Crippen molar-refractivity contribution in [3.05, 3.63) is 71.1 Å². The zero-order valence-electron chi connectivity index (χ0n) is 18.7. The predicted octanol–water partition coefficient (Wildman–Crippen LogP) is 4.80. The molecule has 0 radical (unpaired) electrons. The first-order valence-corrected chi connectivity index (χ1v) is 10.6. The lowest BCUT2D eigenvalue weighted by molar-refractivity contribution is -0.137. The van der Waals surface area contributed by atoms with Gasteiger partial charge in [0.1, 0.15) is 6.61 Å². The van der Waals surface area contributed by atoms with E-state index >= 15 is 0 Å². The lowest BCUT2D eigenvalue weighted by Gasteiger charge is -2.14. The molecule has 0 saturated carbocycles. The quantitative estimate of drug-likeness (QED) is 0.281. The van der Waals surface area contributed by atoms with Gasteiger partial charge >= 0.3 is 6.18 Å². The molecule has 1 fully saturated rings. The van der Waals surface area contributed by atoms with E-state index in [1.807, 2.05) is 24.3 Å². The first-order chi connectivity index (χ1) is 16.2. The van der Waals surface area contributed by atoms with Crippen LogP contribution in [0.2, 0.25) is 0 Å². The van der Waals surface area contributed by atoms with Gasteiger partial charge in [-0.2, -0.15) is 18.2 Å². The molecule has 3 N–H and O–H groups in total. The van der Waals surface area contributed by atoms with E-state index in [1.54, 1.807) is 11.8 Å². The first-order valence-electron chi connectivity index (χ1n) is 10.6. The molecule has 0 bridgehead atoms. The summed E-state index contributed by atoms with van der Waals surface area (Å²) in [6, 6.07) is 12.1. The number of likely N-dealkylation sites (tertiary alicyclic amines) is 1. The van der Waals surface area contributed by atoms with E-state index in [0.717, 1.165) is 29.7 Å². The molecule has 1 aromatic heterocycles. The van der Waals surface area contributed by atoms with Gasteiger partial charge in [-0.3, -0.25) is 5.41 Å². The number of guanidine groups is 1. The summed E-state index contributed by atoms with van der Waals surface area (Å²) in [4.78, 5) is 11.6. The van der Waals surface area contributed by atoms with Crippen molar-refractivity contribution in [1.82, 2.24) is 15.0 Å². The standard InChI is InChI=1S/C23H23F3N6O2.ClH/c1-14(30-33-13-15-2-8-19(9-3-15)23(24,25)26)16-4-6-17(7-5-16)20-29-21(34-31-20)18-10-11-32(12-18)22(27)28;/h2-9,18H,10-13H2,1H3,(H3,27,28);1H/b30-14+;/t18-;/m1./s1. The molecule has 2 aromatic carbocycles. The van der Waals surface area contributed by atoms with E-state index in [2.05, 4.69) is 15.3 Å². The normalized spacial score (nSPS) is 16.2. The molecule has 0 amide bonds. The molecule has 1 aliphatic rings. The highest BCUT2D eigenvalue weighted by atomic mass is 35.5. The lowest BCUT2D eigenvalue weighted by atomic mass is 10.1. The van der Waals surface area contributed by atoms with Crippen molar-refractivity contribution in [2.75, 3.05) is 13.1 Å². The topological polar surface area (TPSA) is 114 Å². The Balaban J connectivity index is 0.00000342. The molecular weight excluding hydrogens is 485 g/mol. The van der Waals surface area contributed by atoms with Gasteiger partial charge in [-0.1, -0.05) is 46.7 Å². The smallest absolute Gasteiger partial charge is 0.391 e. The summed E-state index contributed by atoms with van der Waals surface area (Å²) in [6.07, 6.45) is -3.57. The highest BCUT2D eigenvalue weighted by molar-refractivity contribution is 5.98. The van der Waals surface area contributed by atoms with Gasteiger partial charge in [0.05, 0.1) is 17.2 Å². The fraction of sp³-hybridized carbons (Fsp3) is 0.304. The van der Waals surface area contributed by atoms with E-state index in [9.17, 15) is 13.2 Å². The van der Waals surface area contributed by atoms with Gasteiger partial charge in [-0.15, -0.1) is 12.4 Å². The highest BCUT2D eigenvalue weighted by Crippen LogP contribution is 2.29. The van der Waals surface area contributed by atoms with Crippen molar-refractivity contribution in [2.45, 2.75) is 32.0 Å². The maximum absolute atomic E-state index is 12.6. The van der Waals surface area contributed by atoms with Crippen LogP contribution in [0.25, 0.3) is 11.4 Å². The second kappa shape index (κ2) is 10.8. The molecule has 35 heavy (non-hydrogen) atoms. The van der Waals surface area contributed by atoms with Crippen LogP contribution in [0.15, 0.2) is 58.2 Å². The van der Waals surface area contributed by atoms with Crippen LogP contribution in [0.4, 0.5) is 13.2 Å². The van der Waals surface area contributed by atoms with Gasteiger partial charge in [-0.25, -0.2) is 0 Å². The summed E-state index contributed by atoms with van der Waals surface area (Å²) in [7, 11) is 0. The van der Waals surface area contributed by atoms with Crippen LogP contribution in [-0.2, 0) is 17.6 Å². The van der Waals surface area contributed by atoms with E-state index in [0.29, 0.717) is 36.1 Å². The summed E-state index contributed by atoms with van der Waals surface area (Å²) < 4.78 is 43.3. The van der Waals surface area contributed by atoms with Crippen molar-refractivity contribution in [3.63, 3.8) is 0 Å². The van der Waals surface area contributed by atoms with E-state index in [-0.39, 0.29) is 30.9 Å². The Kier molecular flexibility index (Phi) is 8.00. The largest absolute Gasteiger partial charge is 0.416 e. The van der Waals surface area contributed by atoms with Crippen molar-refractivity contribution < 1.29 is 22.5 Å². The molecule has 186 valence electrons. The van der Waals surface area contributed by atoms with E-state index < -0.39 is 11.7 Å². The Hall–Kier alpha value is -3.60. The Morgan fingerprint density at radius 1 is 1.20 bits per heavy atom. The van der Waals surface area contributed by atoms with Gasteiger partial charge in [0.15, 0.2) is 5.96 Å². The minimum absolute atomic E-state index is 0. The van der Waals surface area contributed by atoms with Crippen LogP contribution in [0.3, 0.4) is 0 Å². The highest BCUT2D eigenvalue weighted by Gasteiger charge is 2.30. The maximum Gasteiger partial charge on any atom is 0.416 e. The van der Waals surface area contributed by atoms with Gasteiger partial charge in [0.25, 0.3) is 0 Å². The van der Waals surface area contributed by atoms with Crippen molar-refractivity contribution >= 4 is 24.1 Å². The second-order valence-corrected chi connectivity index (χ2v) is 8.00. The Bertz CT molecular complexity index is 1180. The third-order valence-electron chi connectivity index (χ3n) is 5.59. The zero-order chi connectivity index (χ0) is 24.3. The van der Waals surface area contributed by atoms with Crippen LogP contribution in [-0.4, -0.2) is 39.8 Å². The number of hydrogen-bond donors (Lipinski definition) is 2. The summed E-state index contributed by atoms with van der Waals surface area (Å²) in [5, 5.41) is 15.7. The average Bonchev–Trinajstić information content (AvgIpc) is 3.49. The van der Waals surface area contributed by atoms with E-state index in [4.69, 9.17) is 20.5 Å². The molecule has 4 rings (SSSR count). The first kappa shape index (κ1) is 26.0. The molecule has 0 unspecified atom stereocenters. The summed E-state index contributed by atoms with van der Waals surface area (Å²) in [6.45, 7) is 3.10. The minimum Gasteiger partial charge on any atom is -0.391 e. The molecule has 1 aliphatic heterocycles. The number of aromatic nitrogens is 2. The van der Waals surface area contributed by atoms with Crippen molar-refractivity contribution in [3.8, 4) is 11.4 Å². The van der Waals surface area contributed by atoms with Crippen molar-refractivity contribution in [2.24, 2.45) is 10.9 Å². The van der Waals surface area contributed by atoms with Crippen molar-refractivity contribution in [1.29, 1.82) is 5.41 Å². The summed E-state index contributed by atoms with van der Waals surface area (Å²) in [5.74, 6) is 1.08. The number of nitrogens with two attached hydrogens (primary N) is 1. The Morgan fingerprint density at radius 3 is 2.49 bits per heavy atom. The number of alkyl halides is 3. The SMILES string of the molecule is C/C(=N\OCc1ccc(C(F)(F)F)cc1)c1ccc(-c2noc([C@@H]3CCN(C(=N)N)C3)n2)cc1.Cl. The van der Waals surface area contributed by atoms with Gasteiger partial charge in [0, 0.05) is 18.7 Å². The number of nitrogens with zero attached hydrogens (tertiary/aromatic N) is 4. The Morgan fingerprint density at radius 2 is 1.89 bits per heavy atom. The van der Waals surface area contributed by atoms with Crippen LogP contribution < -0.4 is 5.73 Å². The second-order valence-electron chi connectivity index (χ2n) is 8.00. The van der Waals surface area contributed by atoms with Crippen LogP contribution in [0, 0.1) is 5.41 Å². The Labute approximate surface area is 205 Å². The molecule has 1 saturated heterocycles. The van der Waals surface area contributed by atoms with Gasteiger partial charge in [0.2, 0.25) is 11.7 Å². The molecular formula is C23H24ClF3N6O2. The number of hydrogen-bond acceptors (Lipinski definition) is 6. The predicted molar refractivity (Wildman–Crippen MR) is 126 cm³/mol. The molecule has 1 atom stereocenters. The van der Waals surface area contributed by atoms with Gasteiger partial charge in [-0.05, 0) is 36.6 Å². The fourth-order valence-electron chi connectivity index (χ4n) is 3.61. The third-order valence-corrected chi connectivity index (χ3v) is 5.59.